The minimum absolute atomic E-state index is 0.130. The molecule has 174 valence electrons. The molecule has 1 aromatic heterocycles. The van der Waals surface area contributed by atoms with Crippen LogP contribution in [0.1, 0.15) is 16.7 Å². The van der Waals surface area contributed by atoms with Crippen LogP contribution < -0.4 is 0 Å². The SMILES string of the molecule is Cc1cccc(C)c1-n1nnnc1SCC(=O)N1CCN(Cc2cccc3ccccc23)CC1. The first-order chi connectivity index (χ1) is 16.6. The monoisotopic (exact) mass is 472 g/mol. The van der Waals surface area contributed by atoms with Gasteiger partial charge >= 0.3 is 0 Å². The molecule has 0 atom stereocenters. The largest absolute Gasteiger partial charge is 0.339 e. The van der Waals surface area contributed by atoms with Crippen LogP contribution in [0.5, 0.6) is 0 Å². The van der Waals surface area contributed by atoms with Gasteiger partial charge in [-0.05, 0) is 51.7 Å². The van der Waals surface area contributed by atoms with Crippen LogP contribution in [0.3, 0.4) is 0 Å². The van der Waals surface area contributed by atoms with Gasteiger partial charge in [0.15, 0.2) is 0 Å². The summed E-state index contributed by atoms with van der Waals surface area (Å²) < 4.78 is 1.74. The van der Waals surface area contributed by atoms with Crippen molar-refractivity contribution in [1.29, 1.82) is 0 Å². The fraction of sp³-hybridized carbons (Fsp3) is 0.308. The van der Waals surface area contributed by atoms with E-state index in [9.17, 15) is 4.79 Å². The molecule has 0 radical (unpaired) electrons. The molecule has 3 aromatic carbocycles. The van der Waals surface area contributed by atoms with Gasteiger partial charge in [-0.3, -0.25) is 9.69 Å². The number of carbonyl (C=O) groups is 1. The minimum atomic E-state index is 0.130. The van der Waals surface area contributed by atoms with Gasteiger partial charge in [-0.1, -0.05) is 72.4 Å². The number of tetrazole rings is 1. The number of nitrogens with zero attached hydrogens (tertiary/aromatic N) is 6. The molecular weight excluding hydrogens is 444 g/mol. The predicted molar refractivity (Wildman–Crippen MR) is 135 cm³/mol. The average Bonchev–Trinajstić information content (AvgIpc) is 3.31. The van der Waals surface area contributed by atoms with Gasteiger partial charge in [0.2, 0.25) is 11.1 Å². The van der Waals surface area contributed by atoms with E-state index in [4.69, 9.17) is 0 Å². The third-order valence-electron chi connectivity index (χ3n) is 6.42. The molecule has 34 heavy (non-hydrogen) atoms. The number of fused-ring (bicyclic) bond motifs is 1. The molecule has 0 N–H and O–H groups in total. The van der Waals surface area contributed by atoms with Gasteiger partial charge in [0.1, 0.15) is 0 Å². The van der Waals surface area contributed by atoms with Crippen molar-refractivity contribution in [3.05, 3.63) is 77.4 Å². The third kappa shape index (κ3) is 4.69. The lowest BCUT2D eigenvalue weighted by Crippen LogP contribution is -2.48. The highest BCUT2D eigenvalue weighted by atomic mass is 32.2. The van der Waals surface area contributed by atoms with Crippen LogP contribution in [0.15, 0.2) is 65.8 Å². The average molecular weight is 473 g/mol. The zero-order valence-electron chi connectivity index (χ0n) is 19.5. The summed E-state index contributed by atoms with van der Waals surface area (Å²) in [6, 6.07) is 21.1. The molecule has 0 spiro atoms. The highest BCUT2D eigenvalue weighted by molar-refractivity contribution is 7.99. The summed E-state index contributed by atoms with van der Waals surface area (Å²) in [4.78, 5) is 17.3. The van der Waals surface area contributed by atoms with Crippen LogP contribution in [-0.2, 0) is 11.3 Å². The summed E-state index contributed by atoms with van der Waals surface area (Å²) in [7, 11) is 0. The maximum Gasteiger partial charge on any atom is 0.233 e. The molecule has 8 heteroatoms. The lowest BCUT2D eigenvalue weighted by molar-refractivity contribution is -0.130. The van der Waals surface area contributed by atoms with E-state index in [1.165, 1.54) is 28.1 Å². The number of thioether (sulfide) groups is 1. The summed E-state index contributed by atoms with van der Waals surface area (Å²) in [5.74, 6) is 0.458. The number of aromatic nitrogens is 4. The van der Waals surface area contributed by atoms with Crippen molar-refractivity contribution in [2.45, 2.75) is 25.5 Å². The number of piperazine rings is 1. The maximum atomic E-state index is 12.9. The first-order valence-electron chi connectivity index (χ1n) is 11.5. The summed E-state index contributed by atoms with van der Waals surface area (Å²) >= 11 is 1.39. The molecule has 0 unspecified atom stereocenters. The van der Waals surface area contributed by atoms with Crippen LogP contribution in [0, 0.1) is 13.8 Å². The summed E-state index contributed by atoms with van der Waals surface area (Å²) in [6.45, 7) is 8.23. The fourth-order valence-electron chi connectivity index (χ4n) is 4.59. The first-order valence-corrected chi connectivity index (χ1v) is 12.5. The second-order valence-corrected chi connectivity index (χ2v) is 9.64. The number of carbonyl (C=O) groups excluding carboxylic acids is 1. The molecule has 2 heterocycles. The second kappa shape index (κ2) is 9.95. The van der Waals surface area contributed by atoms with Gasteiger partial charge < -0.3 is 4.90 Å². The predicted octanol–water partition coefficient (Wildman–Crippen LogP) is 3.87. The highest BCUT2D eigenvalue weighted by Gasteiger charge is 2.23. The maximum absolute atomic E-state index is 12.9. The van der Waals surface area contributed by atoms with E-state index < -0.39 is 0 Å². The molecule has 0 saturated carbocycles. The lowest BCUT2D eigenvalue weighted by atomic mass is 10.0. The first kappa shape index (κ1) is 22.6. The third-order valence-corrected chi connectivity index (χ3v) is 7.32. The Morgan fingerprint density at radius 1 is 0.912 bits per heavy atom. The van der Waals surface area contributed by atoms with Gasteiger partial charge in [-0.15, -0.1) is 5.10 Å². The quantitative estimate of drug-likeness (QED) is 0.397. The number of amides is 1. The summed E-state index contributed by atoms with van der Waals surface area (Å²) in [6.07, 6.45) is 0. The van der Waals surface area contributed by atoms with Crippen molar-refractivity contribution in [2.75, 3.05) is 31.9 Å². The standard InChI is InChI=1S/C26H28N6OS/c1-19-7-5-8-20(2)25(19)32-26(27-28-29-32)34-18-24(33)31-15-13-30(14-16-31)17-22-11-6-10-21-9-3-4-12-23(21)22/h3-12H,13-18H2,1-2H3. The van der Waals surface area contributed by atoms with Gasteiger partial charge in [-0.25, -0.2) is 0 Å². The molecule has 7 nitrogen and oxygen atoms in total. The molecule has 1 saturated heterocycles. The van der Waals surface area contributed by atoms with Crippen molar-refractivity contribution in [1.82, 2.24) is 30.0 Å². The zero-order chi connectivity index (χ0) is 23.5. The minimum Gasteiger partial charge on any atom is -0.339 e. The van der Waals surface area contributed by atoms with E-state index in [1.54, 1.807) is 4.68 Å². The summed E-state index contributed by atoms with van der Waals surface area (Å²) in [5, 5.41) is 15.4. The Hall–Kier alpha value is -3.23. The number of hydrogen-bond acceptors (Lipinski definition) is 6. The van der Waals surface area contributed by atoms with Crippen LogP contribution in [0.25, 0.3) is 16.5 Å². The molecule has 1 amide bonds. The Morgan fingerprint density at radius 3 is 2.41 bits per heavy atom. The second-order valence-electron chi connectivity index (χ2n) is 8.70. The molecule has 1 fully saturated rings. The van der Waals surface area contributed by atoms with Crippen molar-refractivity contribution in [3.8, 4) is 5.69 Å². The molecule has 4 aromatic rings. The molecule has 1 aliphatic rings. The van der Waals surface area contributed by atoms with Crippen molar-refractivity contribution in [3.63, 3.8) is 0 Å². The smallest absolute Gasteiger partial charge is 0.233 e. The van der Waals surface area contributed by atoms with Gasteiger partial charge in [-0.2, -0.15) is 4.68 Å². The van der Waals surface area contributed by atoms with Crippen LogP contribution >= 0.6 is 11.8 Å². The van der Waals surface area contributed by atoms with E-state index in [2.05, 4.69) is 62.9 Å². The van der Waals surface area contributed by atoms with Crippen LogP contribution in [0.4, 0.5) is 0 Å². The Labute approximate surface area is 203 Å². The Kier molecular flexibility index (Phi) is 6.60. The number of para-hydroxylation sites is 1. The van der Waals surface area contributed by atoms with Crippen LogP contribution in [-0.4, -0.2) is 67.8 Å². The molecule has 1 aliphatic heterocycles. The summed E-state index contributed by atoms with van der Waals surface area (Å²) in [5.41, 5.74) is 4.52. The molecule has 5 rings (SSSR count). The fourth-order valence-corrected chi connectivity index (χ4v) is 5.37. The number of hydrogen-bond donors (Lipinski definition) is 0. The Bertz CT molecular complexity index is 1290. The van der Waals surface area contributed by atoms with Crippen LogP contribution in [0.2, 0.25) is 0 Å². The Morgan fingerprint density at radius 2 is 1.62 bits per heavy atom. The topological polar surface area (TPSA) is 67.2 Å². The van der Waals surface area contributed by atoms with Crippen molar-refractivity contribution >= 4 is 28.4 Å². The number of rotatable bonds is 6. The molecule has 0 aliphatic carbocycles. The van der Waals surface area contributed by atoms with Gasteiger partial charge in [0.25, 0.3) is 0 Å². The van der Waals surface area contributed by atoms with E-state index in [0.29, 0.717) is 10.9 Å². The van der Waals surface area contributed by atoms with Crippen molar-refractivity contribution in [2.24, 2.45) is 0 Å². The van der Waals surface area contributed by atoms with Gasteiger partial charge in [0, 0.05) is 32.7 Å². The molecule has 0 bridgehead atoms. The zero-order valence-corrected chi connectivity index (χ0v) is 20.3. The van der Waals surface area contributed by atoms with E-state index in [1.807, 2.05) is 36.9 Å². The van der Waals surface area contributed by atoms with E-state index in [-0.39, 0.29) is 5.91 Å². The number of benzene rings is 3. The number of aryl methyl sites for hydroxylation is 2. The van der Waals surface area contributed by atoms with E-state index >= 15 is 0 Å². The van der Waals surface area contributed by atoms with Crippen molar-refractivity contribution < 1.29 is 4.79 Å². The lowest BCUT2D eigenvalue weighted by Gasteiger charge is -2.35. The normalized spacial score (nSPS) is 14.6. The molecular formula is C26H28N6OS. The van der Waals surface area contributed by atoms with Gasteiger partial charge in [0.05, 0.1) is 11.4 Å². The Balaban J connectivity index is 1.17. The highest BCUT2D eigenvalue weighted by Crippen LogP contribution is 2.24. The van der Waals surface area contributed by atoms with E-state index in [0.717, 1.165) is 49.5 Å².